The fourth-order valence-corrected chi connectivity index (χ4v) is 3.19. The first kappa shape index (κ1) is 15.9. The molecule has 23 heavy (non-hydrogen) atoms. The van der Waals surface area contributed by atoms with Crippen LogP contribution in [0.2, 0.25) is 0 Å². The Kier molecular flexibility index (Phi) is 4.91. The van der Waals surface area contributed by atoms with E-state index in [0.29, 0.717) is 6.04 Å². The van der Waals surface area contributed by atoms with Crippen molar-refractivity contribution in [2.45, 2.75) is 39.7 Å². The van der Waals surface area contributed by atoms with Gasteiger partial charge >= 0.3 is 0 Å². The zero-order valence-electron chi connectivity index (χ0n) is 14.3. The van der Waals surface area contributed by atoms with Gasteiger partial charge in [-0.1, -0.05) is 37.3 Å². The Morgan fingerprint density at radius 2 is 1.91 bits per heavy atom. The van der Waals surface area contributed by atoms with Crippen LogP contribution in [0.15, 0.2) is 30.3 Å². The molecule has 0 bridgehead atoms. The van der Waals surface area contributed by atoms with Gasteiger partial charge in [0.05, 0.1) is 5.69 Å². The molecule has 122 valence electrons. The quantitative estimate of drug-likeness (QED) is 0.943. The van der Waals surface area contributed by atoms with E-state index in [4.69, 9.17) is 0 Å². The zero-order valence-corrected chi connectivity index (χ0v) is 14.3. The second-order valence-electron chi connectivity index (χ2n) is 6.39. The number of benzene rings is 1. The predicted molar refractivity (Wildman–Crippen MR) is 95.0 cm³/mol. The van der Waals surface area contributed by atoms with Crippen LogP contribution >= 0.6 is 0 Å². The molecule has 0 radical (unpaired) electrons. The fraction of sp³-hybridized carbons (Fsp3) is 0.474. The first-order valence-electron chi connectivity index (χ1n) is 8.54. The normalized spacial score (nSPS) is 18.2. The molecule has 0 saturated carbocycles. The van der Waals surface area contributed by atoms with Gasteiger partial charge in [0.25, 0.3) is 0 Å². The largest absolute Gasteiger partial charge is 0.352 e. The molecular formula is C19H26N4. The molecule has 2 heterocycles. The van der Waals surface area contributed by atoms with Gasteiger partial charge in [-0.15, -0.1) is 5.10 Å². The first-order valence-corrected chi connectivity index (χ1v) is 8.54. The number of hydrogen-bond donors (Lipinski definition) is 1. The average Bonchev–Trinajstić information content (AvgIpc) is 2.60. The molecular weight excluding hydrogens is 284 g/mol. The molecule has 1 fully saturated rings. The Morgan fingerprint density at radius 3 is 2.65 bits per heavy atom. The highest BCUT2D eigenvalue weighted by Crippen LogP contribution is 2.24. The Bertz CT molecular complexity index is 654. The molecule has 1 unspecified atom stereocenters. The van der Waals surface area contributed by atoms with Gasteiger partial charge in [0.1, 0.15) is 0 Å². The van der Waals surface area contributed by atoms with Crippen molar-refractivity contribution in [3.63, 3.8) is 0 Å². The van der Waals surface area contributed by atoms with Crippen LogP contribution in [-0.2, 0) is 6.42 Å². The number of piperazine rings is 1. The van der Waals surface area contributed by atoms with E-state index in [-0.39, 0.29) is 0 Å². The summed E-state index contributed by atoms with van der Waals surface area (Å²) in [6.45, 7) is 9.62. The minimum atomic E-state index is 0.550. The topological polar surface area (TPSA) is 41.1 Å². The summed E-state index contributed by atoms with van der Waals surface area (Å²) < 4.78 is 0. The van der Waals surface area contributed by atoms with Crippen LogP contribution in [0.1, 0.15) is 35.7 Å². The van der Waals surface area contributed by atoms with Gasteiger partial charge in [-0.25, -0.2) is 0 Å². The molecule has 0 amide bonds. The van der Waals surface area contributed by atoms with Gasteiger partial charge in [0.2, 0.25) is 0 Å². The standard InChI is InChI=1S/C19H26N4/c1-4-17-13-23(11-10-20-17)19-15(3)14(2)18(21-22-19)12-16-8-6-5-7-9-16/h5-9,17,20H,4,10-13H2,1-3H3. The van der Waals surface area contributed by atoms with E-state index in [9.17, 15) is 0 Å². The number of hydrogen-bond acceptors (Lipinski definition) is 4. The van der Waals surface area contributed by atoms with Crippen LogP contribution in [0.4, 0.5) is 5.82 Å². The van der Waals surface area contributed by atoms with Crippen LogP contribution < -0.4 is 10.2 Å². The van der Waals surface area contributed by atoms with Crippen molar-refractivity contribution in [3.8, 4) is 0 Å². The average molecular weight is 310 g/mol. The fourth-order valence-electron chi connectivity index (χ4n) is 3.19. The molecule has 1 aliphatic rings. The smallest absolute Gasteiger partial charge is 0.154 e. The van der Waals surface area contributed by atoms with Crippen LogP contribution in [0.5, 0.6) is 0 Å². The Labute approximate surface area is 138 Å². The van der Waals surface area contributed by atoms with Crippen molar-refractivity contribution in [2.75, 3.05) is 24.5 Å². The van der Waals surface area contributed by atoms with Gasteiger partial charge in [0, 0.05) is 32.1 Å². The molecule has 1 N–H and O–H groups in total. The monoisotopic (exact) mass is 310 g/mol. The molecule has 0 spiro atoms. The number of rotatable bonds is 4. The summed E-state index contributed by atoms with van der Waals surface area (Å²) in [5.74, 6) is 1.05. The predicted octanol–water partition coefficient (Wildman–Crippen LogP) is 2.87. The summed E-state index contributed by atoms with van der Waals surface area (Å²) >= 11 is 0. The van der Waals surface area contributed by atoms with E-state index in [1.54, 1.807) is 0 Å². The minimum Gasteiger partial charge on any atom is -0.352 e. The Hall–Kier alpha value is -1.94. The molecule has 3 rings (SSSR count). The SMILES string of the molecule is CCC1CN(c2nnc(Cc3ccccc3)c(C)c2C)CCN1. The van der Waals surface area contributed by atoms with Crippen molar-refractivity contribution < 1.29 is 0 Å². The van der Waals surface area contributed by atoms with Gasteiger partial charge in [-0.3, -0.25) is 0 Å². The summed E-state index contributed by atoms with van der Waals surface area (Å²) in [6, 6.07) is 11.0. The Morgan fingerprint density at radius 1 is 1.13 bits per heavy atom. The van der Waals surface area contributed by atoms with Crippen LogP contribution in [0, 0.1) is 13.8 Å². The highest BCUT2D eigenvalue weighted by Gasteiger charge is 2.22. The number of nitrogens with one attached hydrogen (secondary N) is 1. The minimum absolute atomic E-state index is 0.550. The lowest BCUT2D eigenvalue weighted by Gasteiger charge is -2.34. The van der Waals surface area contributed by atoms with Crippen molar-refractivity contribution in [1.29, 1.82) is 0 Å². The van der Waals surface area contributed by atoms with Crippen molar-refractivity contribution in [3.05, 3.63) is 52.7 Å². The van der Waals surface area contributed by atoms with Crippen molar-refractivity contribution in [2.24, 2.45) is 0 Å². The molecule has 1 aromatic heterocycles. The first-order chi connectivity index (χ1) is 11.2. The van der Waals surface area contributed by atoms with Gasteiger partial charge < -0.3 is 10.2 Å². The molecule has 1 aromatic carbocycles. The van der Waals surface area contributed by atoms with E-state index >= 15 is 0 Å². The molecule has 4 nitrogen and oxygen atoms in total. The lowest BCUT2D eigenvalue weighted by Crippen LogP contribution is -2.51. The summed E-state index contributed by atoms with van der Waals surface area (Å²) in [5, 5.41) is 12.7. The molecule has 1 atom stereocenters. The number of aromatic nitrogens is 2. The second kappa shape index (κ2) is 7.09. The summed E-state index contributed by atoms with van der Waals surface area (Å²) in [5.41, 5.74) is 4.90. The van der Waals surface area contributed by atoms with E-state index in [2.05, 4.69) is 65.5 Å². The maximum atomic E-state index is 4.58. The van der Waals surface area contributed by atoms with Crippen LogP contribution in [-0.4, -0.2) is 35.9 Å². The highest BCUT2D eigenvalue weighted by atomic mass is 15.3. The molecule has 2 aromatic rings. The number of anilines is 1. The van der Waals surface area contributed by atoms with Crippen LogP contribution in [0.25, 0.3) is 0 Å². The molecule has 1 saturated heterocycles. The van der Waals surface area contributed by atoms with E-state index in [0.717, 1.165) is 44.0 Å². The number of nitrogens with zero attached hydrogens (tertiary/aromatic N) is 3. The lowest BCUT2D eigenvalue weighted by atomic mass is 10.0. The lowest BCUT2D eigenvalue weighted by molar-refractivity contribution is 0.443. The third-order valence-corrected chi connectivity index (χ3v) is 4.86. The highest BCUT2D eigenvalue weighted by molar-refractivity contribution is 5.51. The maximum Gasteiger partial charge on any atom is 0.154 e. The van der Waals surface area contributed by atoms with E-state index < -0.39 is 0 Å². The van der Waals surface area contributed by atoms with Gasteiger partial charge in [0.15, 0.2) is 5.82 Å². The van der Waals surface area contributed by atoms with Gasteiger partial charge in [-0.05, 0) is 37.0 Å². The van der Waals surface area contributed by atoms with E-state index in [1.165, 1.54) is 16.7 Å². The Balaban J connectivity index is 1.83. The summed E-state index contributed by atoms with van der Waals surface area (Å²) in [7, 11) is 0. The second-order valence-corrected chi connectivity index (χ2v) is 6.39. The van der Waals surface area contributed by atoms with Crippen LogP contribution in [0.3, 0.4) is 0 Å². The summed E-state index contributed by atoms with van der Waals surface area (Å²) in [6.07, 6.45) is 1.99. The van der Waals surface area contributed by atoms with E-state index in [1.807, 2.05) is 6.07 Å². The zero-order chi connectivity index (χ0) is 16.2. The van der Waals surface area contributed by atoms with Crippen molar-refractivity contribution >= 4 is 5.82 Å². The third kappa shape index (κ3) is 3.53. The third-order valence-electron chi connectivity index (χ3n) is 4.86. The maximum absolute atomic E-state index is 4.58. The molecule has 4 heteroatoms. The summed E-state index contributed by atoms with van der Waals surface area (Å²) in [4.78, 5) is 2.38. The van der Waals surface area contributed by atoms with Crippen molar-refractivity contribution in [1.82, 2.24) is 15.5 Å². The van der Waals surface area contributed by atoms with Gasteiger partial charge in [-0.2, -0.15) is 5.10 Å². The molecule has 1 aliphatic heterocycles. The molecule has 0 aliphatic carbocycles.